The molecule has 6 heteroatoms. The number of phenols is 1. The zero-order chi connectivity index (χ0) is 21.8. The van der Waals surface area contributed by atoms with Crippen LogP contribution in [-0.2, 0) is 0 Å². The molecule has 0 radical (unpaired) electrons. The van der Waals surface area contributed by atoms with E-state index in [0.717, 1.165) is 24.3 Å². The molecule has 1 amide bonds. The van der Waals surface area contributed by atoms with E-state index < -0.39 is 5.91 Å². The van der Waals surface area contributed by atoms with Gasteiger partial charge in [-0.1, -0.05) is 47.8 Å². The molecule has 4 nitrogen and oxygen atoms in total. The monoisotopic (exact) mass is 455 g/mol. The Hall–Kier alpha value is -2.69. The number of hydrogen-bond acceptors (Lipinski definition) is 3. The number of carbonyl (C=O) groups excluding carboxylic acids is 1. The Morgan fingerprint density at radius 3 is 2.48 bits per heavy atom. The van der Waals surface area contributed by atoms with Gasteiger partial charge in [-0.15, -0.1) is 0 Å². The normalized spacial score (nSPS) is 18.4. The molecule has 4 rings (SSSR count). The average molecular weight is 456 g/mol. The number of halogens is 2. The van der Waals surface area contributed by atoms with Crippen molar-refractivity contribution in [3.63, 3.8) is 0 Å². The van der Waals surface area contributed by atoms with Gasteiger partial charge in [-0.05, 0) is 67.3 Å². The highest BCUT2D eigenvalue weighted by Gasteiger charge is 2.28. The summed E-state index contributed by atoms with van der Waals surface area (Å²) in [5.41, 5.74) is 1.93. The van der Waals surface area contributed by atoms with E-state index in [1.807, 2.05) is 24.3 Å². The molecular formula is C25H23Cl2NO3. The first kappa shape index (κ1) is 21.5. The molecule has 0 saturated heterocycles. The minimum atomic E-state index is -0.436. The van der Waals surface area contributed by atoms with E-state index in [9.17, 15) is 9.90 Å². The maximum Gasteiger partial charge on any atom is 0.259 e. The molecule has 0 bridgehead atoms. The first-order valence-electron chi connectivity index (χ1n) is 10.3. The Kier molecular flexibility index (Phi) is 6.69. The highest BCUT2D eigenvalue weighted by atomic mass is 35.5. The number of hydrogen-bond donors (Lipinski definition) is 2. The lowest BCUT2D eigenvalue weighted by atomic mass is 9.81. The Morgan fingerprint density at radius 2 is 1.68 bits per heavy atom. The van der Waals surface area contributed by atoms with E-state index in [1.165, 1.54) is 30.2 Å². The van der Waals surface area contributed by atoms with Gasteiger partial charge in [-0.25, -0.2) is 0 Å². The second kappa shape index (κ2) is 9.63. The van der Waals surface area contributed by atoms with Crippen LogP contribution < -0.4 is 10.1 Å². The molecule has 160 valence electrons. The fourth-order valence-electron chi connectivity index (χ4n) is 4.04. The lowest BCUT2D eigenvalue weighted by Gasteiger charge is -2.32. The molecule has 0 aliphatic heterocycles. The third-order valence-corrected chi connectivity index (χ3v) is 6.07. The van der Waals surface area contributed by atoms with Gasteiger partial charge in [-0.2, -0.15) is 0 Å². The minimum Gasteiger partial charge on any atom is -0.507 e. The van der Waals surface area contributed by atoms with E-state index in [4.69, 9.17) is 27.9 Å². The molecule has 3 aromatic carbocycles. The van der Waals surface area contributed by atoms with Crippen molar-refractivity contribution in [1.82, 2.24) is 0 Å². The van der Waals surface area contributed by atoms with Crippen LogP contribution in [0, 0.1) is 0 Å². The molecule has 1 aliphatic carbocycles. The van der Waals surface area contributed by atoms with Gasteiger partial charge in [0.25, 0.3) is 5.91 Å². The maximum atomic E-state index is 12.6. The number of nitrogens with one attached hydrogen (secondary N) is 1. The second-order valence-electron chi connectivity index (χ2n) is 7.74. The Labute approximate surface area is 191 Å². The van der Waals surface area contributed by atoms with Crippen LogP contribution in [0.2, 0.25) is 10.0 Å². The molecule has 31 heavy (non-hydrogen) atoms. The Morgan fingerprint density at radius 1 is 0.935 bits per heavy atom. The van der Waals surface area contributed by atoms with Crippen molar-refractivity contribution >= 4 is 34.8 Å². The molecule has 1 fully saturated rings. The summed E-state index contributed by atoms with van der Waals surface area (Å²) in [4.78, 5) is 12.6. The molecule has 0 spiro atoms. The van der Waals surface area contributed by atoms with Crippen LogP contribution in [0.5, 0.6) is 11.5 Å². The predicted octanol–water partition coefficient (Wildman–Crippen LogP) is 7.06. The van der Waals surface area contributed by atoms with Crippen LogP contribution in [0.25, 0.3) is 0 Å². The largest absolute Gasteiger partial charge is 0.507 e. The standard InChI is InChI=1S/C25H23Cl2NO3/c26-17-10-8-16(9-11-17)21-6-1-2-7-24(21)31-20-5-3-4-19(15-20)28-25(30)22-14-18(27)12-13-23(22)29/h3-5,8-15,21,24,29H,1-2,6-7H2,(H,28,30)/t21-,24-/m0/s1. The van der Waals surface area contributed by atoms with Crippen LogP contribution in [0.15, 0.2) is 66.7 Å². The summed E-state index contributed by atoms with van der Waals surface area (Å²) in [6.07, 6.45) is 4.39. The molecule has 0 aromatic heterocycles. The van der Waals surface area contributed by atoms with Crippen molar-refractivity contribution < 1.29 is 14.6 Å². The molecule has 0 heterocycles. The van der Waals surface area contributed by atoms with Crippen molar-refractivity contribution in [3.8, 4) is 11.5 Å². The topological polar surface area (TPSA) is 58.6 Å². The number of ether oxygens (including phenoxy) is 1. The maximum absolute atomic E-state index is 12.6. The summed E-state index contributed by atoms with van der Waals surface area (Å²) < 4.78 is 6.37. The van der Waals surface area contributed by atoms with Gasteiger partial charge in [0, 0.05) is 27.7 Å². The van der Waals surface area contributed by atoms with Crippen LogP contribution in [0.1, 0.15) is 47.5 Å². The predicted molar refractivity (Wildman–Crippen MR) is 125 cm³/mol. The van der Waals surface area contributed by atoms with E-state index in [-0.39, 0.29) is 17.4 Å². The Bertz CT molecular complexity index is 1070. The highest BCUT2D eigenvalue weighted by molar-refractivity contribution is 6.31. The lowest BCUT2D eigenvalue weighted by Crippen LogP contribution is -2.28. The average Bonchev–Trinajstić information content (AvgIpc) is 2.77. The molecule has 1 saturated carbocycles. The summed E-state index contributed by atoms with van der Waals surface area (Å²) in [6.45, 7) is 0. The number of carbonyl (C=O) groups is 1. The quantitative estimate of drug-likeness (QED) is 0.432. The number of rotatable bonds is 5. The van der Waals surface area contributed by atoms with Gasteiger partial charge < -0.3 is 15.2 Å². The van der Waals surface area contributed by atoms with Crippen LogP contribution in [-0.4, -0.2) is 17.1 Å². The van der Waals surface area contributed by atoms with Gasteiger partial charge in [0.2, 0.25) is 0 Å². The fourth-order valence-corrected chi connectivity index (χ4v) is 4.34. The minimum absolute atomic E-state index is 0.0536. The van der Waals surface area contributed by atoms with Gasteiger partial charge in [0.15, 0.2) is 0 Å². The van der Waals surface area contributed by atoms with Crippen LogP contribution >= 0.6 is 23.2 Å². The molecule has 2 N–H and O–H groups in total. The summed E-state index contributed by atoms with van der Waals surface area (Å²) >= 11 is 12.0. The first-order chi connectivity index (χ1) is 15.0. The number of anilines is 1. The molecule has 0 unspecified atom stereocenters. The Balaban J connectivity index is 1.49. The van der Waals surface area contributed by atoms with E-state index >= 15 is 0 Å². The van der Waals surface area contributed by atoms with Gasteiger partial charge >= 0.3 is 0 Å². The van der Waals surface area contributed by atoms with Gasteiger partial charge in [0.05, 0.1) is 5.56 Å². The second-order valence-corrected chi connectivity index (χ2v) is 8.62. The zero-order valence-electron chi connectivity index (χ0n) is 16.9. The molecule has 3 aromatic rings. The van der Waals surface area contributed by atoms with Crippen molar-refractivity contribution in [2.45, 2.75) is 37.7 Å². The SMILES string of the molecule is O=C(Nc1cccc(O[C@H]2CCCC[C@H]2c2ccc(Cl)cc2)c1)c1cc(Cl)ccc1O. The van der Waals surface area contributed by atoms with E-state index in [2.05, 4.69) is 17.4 Å². The van der Waals surface area contributed by atoms with Gasteiger partial charge in [0.1, 0.15) is 17.6 Å². The van der Waals surface area contributed by atoms with Gasteiger partial charge in [-0.3, -0.25) is 4.79 Å². The summed E-state index contributed by atoms with van der Waals surface area (Å²) in [6, 6.07) is 19.7. The number of amides is 1. The van der Waals surface area contributed by atoms with E-state index in [1.54, 1.807) is 12.1 Å². The van der Waals surface area contributed by atoms with Crippen LogP contribution in [0.3, 0.4) is 0 Å². The first-order valence-corrected chi connectivity index (χ1v) is 11.1. The lowest BCUT2D eigenvalue weighted by molar-refractivity contribution is 0.102. The molecular weight excluding hydrogens is 433 g/mol. The number of aromatic hydroxyl groups is 1. The third kappa shape index (κ3) is 5.33. The zero-order valence-corrected chi connectivity index (χ0v) is 18.4. The smallest absolute Gasteiger partial charge is 0.259 e. The van der Waals surface area contributed by atoms with E-state index in [0.29, 0.717) is 22.4 Å². The van der Waals surface area contributed by atoms with Crippen LogP contribution in [0.4, 0.5) is 5.69 Å². The highest BCUT2D eigenvalue weighted by Crippen LogP contribution is 2.36. The van der Waals surface area contributed by atoms with Crippen molar-refractivity contribution in [1.29, 1.82) is 0 Å². The summed E-state index contributed by atoms with van der Waals surface area (Å²) in [7, 11) is 0. The van der Waals surface area contributed by atoms with Crippen molar-refractivity contribution in [3.05, 3.63) is 87.9 Å². The third-order valence-electron chi connectivity index (χ3n) is 5.58. The van der Waals surface area contributed by atoms with Crippen molar-refractivity contribution in [2.24, 2.45) is 0 Å². The van der Waals surface area contributed by atoms with Crippen molar-refractivity contribution in [2.75, 3.05) is 5.32 Å². The fraction of sp³-hybridized carbons (Fsp3) is 0.240. The number of phenolic OH excluding ortho intramolecular Hbond substituents is 1. The number of benzene rings is 3. The summed E-state index contributed by atoms with van der Waals surface area (Å²) in [5, 5.41) is 13.9. The molecule has 1 aliphatic rings. The summed E-state index contributed by atoms with van der Waals surface area (Å²) in [5.74, 6) is 0.433. The molecule has 2 atom stereocenters.